The topological polar surface area (TPSA) is 0 Å². The second-order valence-corrected chi connectivity index (χ2v) is 9.22. The van der Waals surface area contributed by atoms with Gasteiger partial charge in [-0.3, -0.25) is 0 Å². The predicted octanol–water partition coefficient (Wildman–Crippen LogP) is 9.53. The van der Waals surface area contributed by atoms with E-state index in [0.29, 0.717) is 0 Å². The van der Waals surface area contributed by atoms with E-state index in [4.69, 9.17) is 0 Å². The molecule has 0 spiro atoms. The maximum atomic E-state index is 3.72. The Morgan fingerprint density at radius 3 is 0.917 bits per heavy atom. The molecule has 189 valence electrons. The molecule has 0 aromatic heterocycles. The van der Waals surface area contributed by atoms with Crippen LogP contribution in [0.2, 0.25) is 0 Å². The van der Waals surface area contributed by atoms with Crippen molar-refractivity contribution in [2.75, 3.05) is 0 Å². The molecule has 0 bridgehead atoms. The second-order valence-electron chi connectivity index (χ2n) is 9.22. The molecule has 0 heterocycles. The summed E-state index contributed by atoms with van der Waals surface area (Å²) in [6.45, 7) is 29.4. The third-order valence-electron chi connectivity index (χ3n) is 7.31. The minimum Gasteiger partial charge on any atom is -0.199 e. The maximum absolute atomic E-state index is 3.72. The Morgan fingerprint density at radius 2 is 0.778 bits per heavy atom. The van der Waals surface area contributed by atoms with Crippen molar-refractivity contribution in [2.45, 2.75) is 69.2 Å². The van der Waals surface area contributed by atoms with Crippen molar-refractivity contribution in [3.05, 3.63) is 146 Å². The van der Waals surface area contributed by atoms with Crippen molar-refractivity contribution < 1.29 is 34.7 Å². The Hall–Kier alpha value is -0.365. The average Bonchev–Trinajstić information content (AvgIpc) is 3.11. The minimum atomic E-state index is 0. The Kier molecular flexibility index (Phi) is 19.7. The third-order valence-corrected chi connectivity index (χ3v) is 7.31. The number of hydrogen-bond acceptors (Lipinski definition) is 0. The Labute approximate surface area is 248 Å². The molecule has 1 aromatic carbocycles. The van der Waals surface area contributed by atoms with Crippen LogP contribution in [0, 0.1) is 85.4 Å². The van der Waals surface area contributed by atoms with E-state index in [1.54, 1.807) is 0 Å². The van der Waals surface area contributed by atoms with Crippen molar-refractivity contribution >= 4 is 0 Å². The molecule has 1 aromatic rings. The van der Waals surface area contributed by atoms with E-state index in [9.17, 15) is 0 Å². The number of rotatable bonds is 0. The van der Waals surface area contributed by atoms with Gasteiger partial charge in [-0.2, -0.15) is 24.6 Å². The second kappa shape index (κ2) is 18.8. The quantitative estimate of drug-likeness (QED) is 0.279. The molecule has 0 nitrogen and oxygen atoms in total. The largest absolute Gasteiger partial charge is 2.00 e. The minimum absolute atomic E-state index is 0. The zero-order valence-electron chi connectivity index (χ0n) is 24.0. The van der Waals surface area contributed by atoms with Gasteiger partial charge in [0.1, 0.15) is 0 Å². The van der Waals surface area contributed by atoms with Crippen molar-refractivity contribution in [3.63, 3.8) is 0 Å². The van der Waals surface area contributed by atoms with Crippen molar-refractivity contribution in [3.8, 4) is 0 Å². The van der Waals surface area contributed by atoms with Crippen LogP contribution in [0.25, 0.3) is 0 Å². The first-order valence-corrected chi connectivity index (χ1v) is 12.0. The SMILES string of the molecule is C[C]1[C](C)[C](C)[C](C)[C]1C.C[C]1[C](C)[C](C)[C](C)[C]1C.[CH2-]c1ccccc1.[CH2][C]1[CH]C=CC=C1.[Cr+2].[Cr+2]. The molecular weight excluding hydrogens is 512 g/mol. The van der Waals surface area contributed by atoms with E-state index in [2.05, 4.69) is 83.1 Å². The van der Waals surface area contributed by atoms with Gasteiger partial charge in [0.15, 0.2) is 0 Å². The molecular formula is C34H44Cr2+3. The van der Waals surface area contributed by atoms with Crippen LogP contribution in [0.3, 0.4) is 0 Å². The standard InChI is InChI=1S/2C10H15.2C7H7.2Cr/c2*1-6-7(2)9(4)10(5)8(6)3;2*1-7-5-3-2-4-6-7;;/h2*1-5H3;2*2-6H,1H2;;/q;;;-1;2*+2. The van der Waals surface area contributed by atoms with Crippen LogP contribution in [-0.2, 0) is 34.7 Å². The first-order valence-electron chi connectivity index (χ1n) is 12.0. The van der Waals surface area contributed by atoms with E-state index < -0.39 is 0 Å². The molecule has 0 N–H and O–H groups in total. The van der Waals surface area contributed by atoms with Crippen molar-refractivity contribution in [1.82, 2.24) is 0 Å². The maximum Gasteiger partial charge on any atom is 2.00 e. The molecule has 2 heteroatoms. The van der Waals surface area contributed by atoms with Gasteiger partial charge < -0.3 is 0 Å². The molecule has 2 saturated carbocycles. The Morgan fingerprint density at radius 1 is 0.472 bits per heavy atom. The van der Waals surface area contributed by atoms with Gasteiger partial charge in [0, 0.05) is 5.92 Å². The van der Waals surface area contributed by atoms with E-state index in [1.165, 1.54) is 59.2 Å². The van der Waals surface area contributed by atoms with Crippen LogP contribution >= 0.6 is 0 Å². The van der Waals surface area contributed by atoms with Crippen LogP contribution < -0.4 is 0 Å². The summed E-state index contributed by atoms with van der Waals surface area (Å²) < 4.78 is 0. The molecule has 0 unspecified atom stereocenters. The fraction of sp³-hybridized carbons (Fsp3) is 0.294. The van der Waals surface area contributed by atoms with Crippen LogP contribution in [0.15, 0.2) is 54.6 Å². The first kappa shape index (κ1) is 37.8. The fourth-order valence-electron chi connectivity index (χ4n) is 3.77. The Bertz CT molecular complexity index is 604. The zero-order valence-corrected chi connectivity index (χ0v) is 26.6. The number of allylic oxidation sites excluding steroid dienone is 4. The summed E-state index contributed by atoms with van der Waals surface area (Å²) in [7, 11) is 0. The molecule has 2 fully saturated rings. The molecule has 0 aliphatic heterocycles. The summed E-state index contributed by atoms with van der Waals surface area (Å²) in [6.07, 6.45) is 9.87. The fourth-order valence-corrected chi connectivity index (χ4v) is 3.77. The molecule has 0 saturated heterocycles. The molecule has 0 atom stereocenters. The molecule has 36 heavy (non-hydrogen) atoms. The smallest absolute Gasteiger partial charge is 0.199 e. The van der Waals surface area contributed by atoms with Crippen LogP contribution in [0.5, 0.6) is 0 Å². The van der Waals surface area contributed by atoms with Crippen LogP contribution in [0.1, 0.15) is 74.8 Å². The van der Waals surface area contributed by atoms with Gasteiger partial charge in [0.25, 0.3) is 0 Å². The molecule has 3 aliphatic carbocycles. The monoisotopic (exact) mass is 556 g/mol. The van der Waals surface area contributed by atoms with Crippen LogP contribution in [-0.4, -0.2) is 0 Å². The number of benzene rings is 1. The van der Waals surface area contributed by atoms with Crippen LogP contribution in [0.4, 0.5) is 0 Å². The summed E-state index contributed by atoms with van der Waals surface area (Å²) in [6, 6.07) is 9.87. The van der Waals surface area contributed by atoms with E-state index in [0.717, 1.165) is 11.5 Å². The summed E-state index contributed by atoms with van der Waals surface area (Å²) in [5, 5.41) is 0. The molecule has 13 radical (unpaired) electrons. The van der Waals surface area contributed by atoms with Gasteiger partial charge in [-0.1, -0.05) is 99.6 Å². The van der Waals surface area contributed by atoms with Gasteiger partial charge in [-0.15, -0.1) is 12.1 Å². The third kappa shape index (κ3) is 11.6. The van der Waals surface area contributed by atoms with Crippen molar-refractivity contribution in [1.29, 1.82) is 0 Å². The summed E-state index contributed by atoms with van der Waals surface area (Å²) >= 11 is 0. The average molecular weight is 557 g/mol. The predicted molar refractivity (Wildman–Crippen MR) is 151 cm³/mol. The molecule has 4 rings (SSSR count). The zero-order chi connectivity index (χ0) is 26.0. The van der Waals surface area contributed by atoms with Gasteiger partial charge in [-0.25, -0.2) is 0 Å². The summed E-state index contributed by atoms with van der Waals surface area (Å²) in [5.41, 5.74) is 1.07. The van der Waals surface area contributed by atoms with Gasteiger partial charge >= 0.3 is 34.7 Å². The normalized spacial score (nSPS) is 21.5. The van der Waals surface area contributed by atoms with Gasteiger partial charge in [-0.05, 0) is 72.5 Å². The molecule has 0 amide bonds. The Balaban J connectivity index is 0. The molecule has 3 aliphatic rings. The number of hydrogen-bond donors (Lipinski definition) is 0. The first-order chi connectivity index (χ1) is 15.9. The van der Waals surface area contributed by atoms with Crippen molar-refractivity contribution in [2.24, 2.45) is 0 Å². The summed E-state index contributed by atoms with van der Waals surface area (Å²) in [5.74, 6) is 15.7. The summed E-state index contributed by atoms with van der Waals surface area (Å²) in [4.78, 5) is 0. The van der Waals surface area contributed by atoms with Gasteiger partial charge in [0.2, 0.25) is 0 Å². The van der Waals surface area contributed by atoms with Gasteiger partial charge in [0.05, 0.1) is 0 Å². The van der Waals surface area contributed by atoms with E-state index in [-0.39, 0.29) is 34.7 Å². The van der Waals surface area contributed by atoms with E-state index in [1.807, 2.05) is 61.1 Å². The van der Waals surface area contributed by atoms with E-state index >= 15 is 0 Å².